The molecule has 4 aliphatic rings. The van der Waals surface area contributed by atoms with E-state index < -0.39 is 18.2 Å². The van der Waals surface area contributed by atoms with Gasteiger partial charge in [0.25, 0.3) is 0 Å². The number of fused-ring (bicyclic) bond motifs is 2. The van der Waals surface area contributed by atoms with Crippen molar-refractivity contribution < 1.29 is 34.4 Å². The van der Waals surface area contributed by atoms with Gasteiger partial charge in [-0.15, -0.1) is 0 Å². The first kappa shape index (κ1) is 32.0. The number of carbonyl (C=O) groups excluding carboxylic acids is 2. The quantitative estimate of drug-likeness (QED) is 0.264. The minimum Gasteiger partial charge on any atom is -0.493 e. The Morgan fingerprint density at radius 1 is 1.22 bits per heavy atom. The van der Waals surface area contributed by atoms with Crippen LogP contribution < -0.4 is 14.8 Å². The van der Waals surface area contributed by atoms with E-state index in [4.69, 9.17) is 9.47 Å². The molecule has 41 heavy (non-hydrogen) atoms. The second-order valence-corrected chi connectivity index (χ2v) is 13.8. The molecule has 4 N–H and O–H groups in total. The molecule has 6 atom stereocenters. The zero-order valence-electron chi connectivity index (χ0n) is 24.7. The molecule has 3 saturated carbocycles. The molecule has 0 radical (unpaired) electrons. The Morgan fingerprint density at radius 2 is 1.95 bits per heavy atom. The van der Waals surface area contributed by atoms with E-state index in [-0.39, 0.29) is 49.3 Å². The van der Waals surface area contributed by atoms with Crippen LogP contribution in [-0.2, 0) is 16.2 Å². The SMILES string of the molecule is COc1cc(CO)cc(I)c1O[C@H]1C=C(C(=O)NCCO)C[C@@H](N(C[C@@H]2CC[C@H]3C[C@@H]2C3(C)C)C(=O)C(C)C)[C@@H]1O. The number of aliphatic hydroxyl groups is 3. The second kappa shape index (κ2) is 13.2. The fourth-order valence-corrected chi connectivity index (χ4v) is 7.84. The zero-order chi connectivity index (χ0) is 30.1. The average Bonchev–Trinajstić information content (AvgIpc) is 2.95. The first-order valence-electron chi connectivity index (χ1n) is 14.6. The zero-order valence-corrected chi connectivity index (χ0v) is 26.9. The first-order valence-corrected chi connectivity index (χ1v) is 15.7. The van der Waals surface area contributed by atoms with Crippen LogP contribution in [0.15, 0.2) is 23.8 Å². The van der Waals surface area contributed by atoms with Crippen molar-refractivity contribution in [3.05, 3.63) is 32.9 Å². The van der Waals surface area contributed by atoms with Crippen molar-refractivity contribution in [3.8, 4) is 11.5 Å². The molecule has 0 saturated heterocycles. The van der Waals surface area contributed by atoms with E-state index in [1.165, 1.54) is 13.5 Å². The molecule has 228 valence electrons. The van der Waals surface area contributed by atoms with Gasteiger partial charge >= 0.3 is 0 Å². The lowest BCUT2D eigenvalue weighted by molar-refractivity contribution is -0.151. The number of methoxy groups -OCH3 is 1. The molecule has 2 amide bonds. The summed E-state index contributed by atoms with van der Waals surface area (Å²) in [6.07, 6.45) is 3.13. The highest BCUT2D eigenvalue weighted by Gasteiger charge is 2.55. The molecule has 9 nitrogen and oxygen atoms in total. The van der Waals surface area contributed by atoms with Gasteiger partial charge in [0.2, 0.25) is 11.8 Å². The van der Waals surface area contributed by atoms with Crippen LogP contribution >= 0.6 is 22.6 Å². The number of hydrogen-bond acceptors (Lipinski definition) is 7. The molecule has 3 fully saturated rings. The van der Waals surface area contributed by atoms with Crippen LogP contribution in [0.4, 0.5) is 0 Å². The van der Waals surface area contributed by atoms with Crippen LogP contribution in [-0.4, -0.2) is 77.1 Å². The van der Waals surface area contributed by atoms with Gasteiger partial charge < -0.3 is 35.0 Å². The van der Waals surface area contributed by atoms with Crippen molar-refractivity contribution in [2.24, 2.45) is 29.1 Å². The molecule has 4 aliphatic carbocycles. The van der Waals surface area contributed by atoms with Crippen molar-refractivity contribution in [1.29, 1.82) is 0 Å². The molecule has 1 aromatic carbocycles. The van der Waals surface area contributed by atoms with Crippen LogP contribution in [0.2, 0.25) is 0 Å². The van der Waals surface area contributed by atoms with E-state index in [1.807, 2.05) is 18.7 Å². The summed E-state index contributed by atoms with van der Waals surface area (Å²) in [5.74, 6) is 1.67. The van der Waals surface area contributed by atoms with E-state index in [2.05, 4.69) is 41.8 Å². The summed E-state index contributed by atoms with van der Waals surface area (Å²) in [7, 11) is 1.50. The van der Waals surface area contributed by atoms with Crippen molar-refractivity contribution in [2.75, 3.05) is 26.8 Å². The first-order chi connectivity index (χ1) is 19.4. The second-order valence-electron chi connectivity index (χ2n) is 12.6. The minimum absolute atomic E-state index is 0.0523. The van der Waals surface area contributed by atoms with Crippen LogP contribution in [0, 0.1) is 32.7 Å². The lowest BCUT2D eigenvalue weighted by Gasteiger charge is -2.61. The monoisotopic (exact) mass is 684 g/mol. The third-order valence-corrected chi connectivity index (χ3v) is 10.4. The Kier molecular flexibility index (Phi) is 10.3. The normalized spacial score (nSPS) is 28.4. The summed E-state index contributed by atoms with van der Waals surface area (Å²) < 4.78 is 12.6. The lowest BCUT2D eigenvalue weighted by atomic mass is 9.45. The van der Waals surface area contributed by atoms with Crippen LogP contribution in [0.5, 0.6) is 11.5 Å². The fraction of sp³-hybridized carbons (Fsp3) is 0.677. The van der Waals surface area contributed by atoms with E-state index in [0.29, 0.717) is 44.6 Å². The van der Waals surface area contributed by atoms with Gasteiger partial charge in [-0.05, 0) is 88.8 Å². The predicted molar refractivity (Wildman–Crippen MR) is 163 cm³/mol. The van der Waals surface area contributed by atoms with Gasteiger partial charge in [0.05, 0.1) is 29.9 Å². The Bertz CT molecular complexity index is 1150. The highest BCUT2D eigenvalue weighted by Crippen LogP contribution is 2.61. The van der Waals surface area contributed by atoms with Crippen LogP contribution in [0.25, 0.3) is 0 Å². The number of nitrogens with zero attached hydrogens (tertiary/aromatic N) is 1. The molecule has 1 aromatic rings. The number of nitrogens with one attached hydrogen (secondary N) is 1. The Morgan fingerprint density at radius 3 is 2.54 bits per heavy atom. The molecular weight excluding hydrogens is 639 g/mol. The number of halogens is 1. The molecule has 0 spiro atoms. The van der Waals surface area contributed by atoms with E-state index in [1.54, 1.807) is 18.2 Å². The van der Waals surface area contributed by atoms with Gasteiger partial charge in [-0.3, -0.25) is 9.59 Å². The summed E-state index contributed by atoms with van der Waals surface area (Å²) in [5.41, 5.74) is 1.30. The number of ether oxygens (including phenoxy) is 2. The van der Waals surface area contributed by atoms with Gasteiger partial charge in [-0.1, -0.05) is 27.7 Å². The smallest absolute Gasteiger partial charge is 0.247 e. The Balaban J connectivity index is 1.69. The third-order valence-electron chi connectivity index (χ3n) is 9.55. The Labute approximate surface area is 256 Å². The standard InChI is InChI=1S/C31H45IN2O7/c1-17(2)30(39)34(15-19-6-7-21-14-22(19)31(21,3)4)24-12-20(29(38)33-8-9-35)13-25(27(24)37)41-28-23(32)10-18(16-36)11-26(28)40-5/h10-11,13,17,19,21-22,24-25,27,35-37H,6-9,12,14-16H2,1-5H3,(H,33,38)/t19-,21-,22-,24+,25-,27-/m0/s1. The molecule has 2 bridgehead atoms. The van der Waals surface area contributed by atoms with Crippen molar-refractivity contribution >= 4 is 34.4 Å². The molecule has 0 unspecified atom stereocenters. The van der Waals surface area contributed by atoms with Crippen molar-refractivity contribution in [2.45, 2.75) is 78.2 Å². The maximum Gasteiger partial charge on any atom is 0.247 e. The number of benzene rings is 1. The largest absolute Gasteiger partial charge is 0.493 e. The molecule has 0 aliphatic heterocycles. The van der Waals surface area contributed by atoms with Crippen molar-refractivity contribution in [1.82, 2.24) is 10.2 Å². The number of hydrogen-bond donors (Lipinski definition) is 4. The number of rotatable bonds is 11. The Hall–Kier alpha value is -1.89. The van der Waals surface area contributed by atoms with Gasteiger partial charge in [-0.25, -0.2) is 0 Å². The highest BCUT2D eigenvalue weighted by atomic mass is 127. The number of carbonyl (C=O) groups is 2. The maximum atomic E-state index is 13.8. The maximum absolute atomic E-state index is 13.8. The van der Waals surface area contributed by atoms with Crippen LogP contribution in [0.1, 0.15) is 58.9 Å². The van der Waals surface area contributed by atoms with E-state index >= 15 is 0 Å². The van der Waals surface area contributed by atoms with E-state index in [0.717, 1.165) is 18.8 Å². The minimum atomic E-state index is -1.10. The predicted octanol–water partition coefficient (Wildman–Crippen LogP) is 3.26. The molecule has 0 aromatic heterocycles. The van der Waals surface area contributed by atoms with Crippen molar-refractivity contribution in [3.63, 3.8) is 0 Å². The summed E-state index contributed by atoms with van der Waals surface area (Å²) in [4.78, 5) is 28.7. The molecule has 0 heterocycles. The number of amides is 2. The topological polar surface area (TPSA) is 129 Å². The van der Waals surface area contributed by atoms with Gasteiger partial charge in [-0.2, -0.15) is 0 Å². The highest BCUT2D eigenvalue weighted by molar-refractivity contribution is 14.1. The fourth-order valence-electron chi connectivity index (χ4n) is 7.05. The van der Waals surface area contributed by atoms with Gasteiger partial charge in [0, 0.05) is 31.0 Å². The summed E-state index contributed by atoms with van der Waals surface area (Å²) in [6, 6.07) is 2.78. The number of aliphatic hydroxyl groups excluding tert-OH is 3. The molecular formula is C31H45IN2O7. The van der Waals surface area contributed by atoms with Gasteiger partial charge in [0.1, 0.15) is 12.2 Å². The molecule has 5 rings (SSSR count). The summed E-state index contributed by atoms with van der Waals surface area (Å²) in [5, 5.41) is 33.4. The molecule has 10 heteroatoms. The summed E-state index contributed by atoms with van der Waals surface area (Å²) >= 11 is 2.09. The van der Waals surface area contributed by atoms with Crippen LogP contribution in [0.3, 0.4) is 0 Å². The third kappa shape index (κ3) is 6.55. The van der Waals surface area contributed by atoms with E-state index in [9.17, 15) is 24.9 Å². The lowest BCUT2D eigenvalue weighted by Crippen LogP contribution is -2.60. The average molecular weight is 685 g/mol. The van der Waals surface area contributed by atoms with Gasteiger partial charge in [0.15, 0.2) is 11.5 Å². The summed E-state index contributed by atoms with van der Waals surface area (Å²) in [6.45, 7) is 8.65.